The lowest BCUT2D eigenvalue weighted by Crippen LogP contribution is -2.07. The SMILES string of the molecule is CCOc1cccc(C(=O)O)c1OCc1cccc(C)n1. The molecular weight excluding hydrogens is 270 g/mol. The van der Waals surface area contributed by atoms with Gasteiger partial charge >= 0.3 is 5.97 Å². The Balaban J connectivity index is 2.26. The van der Waals surface area contributed by atoms with Gasteiger partial charge in [-0.25, -0.2) is 4.79 Å². The summed E-state index contributed by atoms with van der Waals surface area (Å²) in [6.07, 6.45) is 0. The van der Waals surface area contributed by atoms with Crippen LogP contribution in [0.5, 0.6) is 11.5 Å². The molecule has 0 fully saturated rings. The molecule has 0 saturated carbocycles. The fourth-order valence-corrected chi connectivity index (χ4v) is 1.93. The summed E-state index contributed by atoms with van der Waals surface area (Å²) in [4.78, 5) is 15.6. The van der Waals surface area contributed by atoms with Gasteiger partial charge in [0, 0.05) is 5.69 Å². The summed E-state index contributed by atoms with van der Waals surface area (Å²) in [7, 11) is 0. The second kappa shape index (κ2) is 6.74. The molecule has 5 nitrogen and oxygen atoms in total. The van der Waals surface area contributed by atoms with Gasteiger partial charge in [-0.05, 0) is 38.1 Å². The minimum absolute atomic E-state index is 0.0774. The van der Waals surface area contributed by atoms with Gasteiger partial charge in [-0.1, -0.05) is 12.1 Å². The predicted molar refractivity (Wildman–Crippen MR) is 77.9 cm³/mol. The average molecular weight is 287 g/mol. The molecule has 0 unspecified atom stereocenters. The van der Waals surface area contributed by atoms with Crippen molar-refractivity contribution in [2.45, 2.75) is 20.5 Å². The second-order valence-electron chi connectivity index (χ2n) is 4.43. The van der Waals surface area contributed by atoms with Crippen LogP contribution in [0, 0.1) is 6.92 Å². The van der Waals surface area contributed by atoms with Crippen molar-refractivity contribution in [2.24, 2.45) is 0 Å². The van der Waals surface area contributed by atoms with Gasteiger partial charge in [0.2, 0.25) is 0 Å². The van der Waals surface area contributed by atoms with Crippen LogP contribution in [0.25, 0.3) is 0 Å². The van der Waals surface area contributed by atoms with Crippen LogP contribution in [-0.2, 0) is 6.61 Å². The third kappa shape index (κ3) is 3.72. The van der Waals surface area contributed by atoms with Crippen molar-refractivity contribution in [2.75, 3.05) is 6.61 Å². The zero-order chi connectivity index (χ0) is 15.2. The summed E-state index contributed by atoms with van der Waals surface area (Å²) in [5.74, 6) is -0.399. The molecule has 21 heavy (non-hydrogen) atoms. The minimum Gasteiger partial charge on any atom is -0.490 e. The third-order valence-electron chi connectivity index (χ3n) is 2.82. The maximum absolute atomic E-state index is 11.3. The van der Waals surface area contributed by atoms with Crippen molar-refractivity contribution in [3.63, 3.8) is 0 Å². The molecule has 1 heterocycles. The summed E-state index contributed by atoms with van der Waals surface area (Å²) in [6.45, 7) is 4.34. The van der Waals surface area contributed by atoms with E-state index < -0.39 is 5.97 Å². The molecule has 0 atom stereocenters. The molecule has 2 rings (SSSR count). The number of hydrogen-bond donors (Lipinski definition) is 1. The summed E-state index contributed by atoms with van der Waals surface area (Å²) < 4.78 is 11.1. The molecule has 1 N–H and O–H groups in total. The quantitative estimate of drug-likeness (QED) is 0.884. The van der Waals surface area contributed by atoms with Crippen LogP contribution in [0.1, 0.15) is 28.7 Å². The number of carboxylic acid groups (broad SMARTS) is 1. The Bertz CT molecular complexity index is 640. The van der Waals surface area contributed by atoms with Crippen molar-refractivity contribution in [3.8, 4) is 11.5 Å². The van der Waals surface area contributed by atoms with E-state index in [2.05, 4.69) is 4.98 Å². The number of aromatic nitrogens is 1. The Labute approximate surface area is 123 Å². The van der Waals surface area contributed by atoms with E-state index in [1.54, 1.807) is 12.1 Å². The second-order valence-corrected chi connectivity index (χ2v) is 4.43. The number of ether oxygens (including phenoxy) is 2. The Morgan fingerprint density at radius 1 is 1.19 bits per heavy atom. The molecule has 0 aliphatic rings. The lowest BCUT2D eigenvalue weighted by molar-refractivity contribution is 0.0690. The molecule has 0 radical (unpaired) electrons. The Kier molecular flexibility index (Phi) is 4.77. The van der Waals surface area contributed by atoms with Gasteiger partial charge in [-0.2, -0.15) is 0 Å². The highest BCUT2D eigenvalue weighted by molar-refractivity contribution is 5.92. The van der Waals surface area contributed by atoms with Gasteiger partial charge in [0.05, 0.1) is 12.3 Å². The number of carbonyl (C=O) groups is 1. The van der Waals surface area contributed by atoms with Crippen LogP contribution >= 0.6 is 0 Å². The van der Waals surface area contributed by atoms with Crippen molar-refractivity contribution in [3.05, 3.63) is 53.3 Å². The summed E-state index contributed by atoms with van der Waals surface area (Å²) in [5, 5.41) is 9.25. The van der Waals surface area contributed by atoms with E-state index in [1.807, 2.05) is 32.0 Å². The smallest absolute Gasteiger partial charge is 0.339 e. The number of carboxylic acids is 1. The van der Waals surface area contributed by atoms with E-state index in [1.165, 1.54) is 6.07 Å². The largest absolute Gasteiger partial charge is 0.490 e. The highest BCUT2D eigenvalue weighted by Crippen LogP contribution is 2.32. The normalized spacial score (nSPS) is 10.2. The number of aromatic carboxylic acids is 1. The van der Waals surface area contributed by atoms with Crippen LogP contribution < -0.4 is 9.47 Å². The summed E-state index contributed by atoms with van der Waals surface area (Å²) in [6, 6.07) is 10.4. The van der Waals surface area contributed by atoms with E-state index in [0.717, 1.165) is 11.4 Å². The first-order valence-corrected chi connectivity index (χ1v) is 6.66. The van der Waals surface area contributed by atoms with Gasteiger partial charge in [0.1, 0.15) is 12.2 Å². The topological polar surface area (TPSA) is 68.7 Å². The number of pyridine rings is 1. The minimum atomic E-state index is -1.05. The van der Waals surface area contributed by atoms with Gasteiger partial charge < -0.3 is 14.6 Å². The van der Waals surface area contributed by atoms with Crippen LogP contribution in [0.4, 0.5) is 0 Å². The third-order valence-corrected chi connectivity index (χ3v) is 2.82. The first kappa shape index (κ1) is 14.8. The highest BCUT2D eigenvalue weighted by Gasteiger charge is 2.16. The van der Waals surface area contributed by atoms with E-state index in [9.17, 15) is 9.90 Å². The van der Waals surface area contributed by atoms with Crippen molar-refractivity contribution >= 4 is 5.97 Å². The van der Waals surface area contributed by atoms with Crippen LogP contribution in [-0.4, -0.2) is 22.7 Å². The zero-order valence-electron chi connectivity index (χ0n) is 12.0. The van der Waals surface area contributed by atoms with Crippen LogP contribution in [0.3, 0.4) is 0 Å². The van der Waals surface area contributed by atoms with Crippen molar-refractivity contribution in [1.29, 1.82) is 0 Å². The number of rotatable bonds is 6. The molecule has 0 aliphatic carbocycles. The predicted octanol–water partition coefficient (Wildman–Crippen LogP) is 3.07. The Morgan fingerprint density at radius 3 is 2.62 bits per heavy atom. The molecule has 1 aromatic carbocycles. The lowest BCUT2D eigenvalue weighted by atomic mass is 10.2. The fourth-order valence-electron chi connectivity index (χ4n) is 1.93. The molecule has 2 aromatic rings. The van der Waals surface area contributed by atoms with E-state index in [0.29, 0.717) is 12.4 Å². The molecule has 0 spiro atoms. The number of benzene rings is 1. The lowest BCUT2D eigenvalue weighted by Gasteiger charge is -2.14. The maximum atomic E-state index is 11.3. The number of para-hydroxylation sites is 1. The monoisotopic (exact) mass is 287 g/mol. The number of hydrogen-bond acceptors (Lipinski definition) is 4. The highest BCUT2D eigenvalue weighted by atomic mass is 16.5. The Hall–Kier alpha value is -2.56. The average Bonchev–Trinajstić information content (AvgIpc) is 2.46. The molecule has 0 bridgehead atoms. The standard InChI is InChI=1S/C16H17NO4/c1-3-20-14-9-5-8-13(16(18)19)15(14)21-10-12-7-4-6-11(2)17-12/h4-9H,3,10H2,1-2H3,(H,18,19). The van der Waals surface area contributed by atoms with E-state index in [-0.39, 0.29) is 17.9 Å². The van der Waals surface area contributed by atoms with Gasteiger partial charge in [-0.15, -0.1) is 0 Å². The van der Waals surface area contributed by atoms with Gasteiger partial charge in [0.25, 0.3) is 0 Å². The Morgan fingerprint density at radius 2 is 1.95 bits per heavy atom. The first-order valence-electron chi connectivity index (χ1n) is 6.66. The molecule has 110 valence electrons. The number of nitrogens with zero attached hydrogens (tertiary/aromatic N) is 1. The van der Waals surface area contributed by atoms with Crippen molar-refractivity contribution < 1.29 is 19.4 Å². The molecular formula is C16H17NO4. The van der Waals surface area contributed by atoms with Gasteiger partial charge in [-0.3, -0.25) is 4.98 Å². The zero-order valence-corrected chi connectivity index (χ0v) is 12.0. The van der Waals surface area contributed by atoms with E-state index in [4.69, 9.17) is 9.47 Å². The molecule has 0 amide bonds. The summed E-state index contributed by atoms with van der Waals surface area (Å²) in [5.41, 5.74) is 1.69. The van der Waals surface area contributed by atoms with Crippen LogP contribution in [0.15, 0.2) is 36.4 Å². The fraction of sp³-hybridized carbons (Fsp3) is 0.250. The van der Waals surface area contributed by atoms with E-state index >= 15 is 0 Å². The molecule has 5 heteroatoms. The summed E-state index contributed by atoms with van der Waals surface area (Å²) >= 11 is 0. The number of aryl methyl sites for hydroxylation is 1. The molecule has 1 aromatic heterocycles. The van der Waals surface area contributed by atoms with Gasteiger partial charge in [0.15, 0.2) is 11.5 Å². The van der Waals surface area contributed by atoms with Crippen molar-refractivity contribution in [1.82, 2.24) is 4.98 Å². The first-order chi connectivity index (χ1) is 10.1. The van der Waals surface area contributed by atoms with Crippen LogP contribution in [0.2, 0.25) is 0 Å². The molecule has 0 aliphatic heterocycles. The molecule has 0 saturated heterocycles. The maximum Gasteiger partial charge on any atom is 0.339 e.